The van der Waals surface area contributed by atoms with Crippen LogP contribution in [0.5, 0.6) is 11.5 Å². The molecule has 33 heavy (non-hydrogen) atoms. The smallest absolute Gasteiger partial charge is 0.414 e. The van der Waals surface area contributed by atoms with Crippen LogP contribution in [0, 0.1) is 5.82 Å². The highest BCUT2D eigenvalue weighted by molar-refractivity contribution is 5.85. The van der Waals surface area contributed by atoms with Crippen molar-refractivity contribution in [3.8, 4) is 11.5 Å². The Hall–Kier alpha value is -3.07. The summed E-state index contributed by atoms with van der Waals surface area (Å²) in [5, 5.41) is 1.68. The van der Waals surface area contributed by atoms with Crippen molar-refractivity contribution >= 4 is 18.5 Å². The van der Waals surface area contributed by atoms with Gasteiger partial charge in [0, 0.05) is 12.7 Å². The zero-order chi connectivity index (χ0) is 22.3. The quantitative estimate of drug-likeness (QED) is 0.624. The monoisotopic (exact) mass is 475 g/mol. The minimum atomic E-state index is -0.392. The molecule has 4 rings (SSSR count). The van der Waals surface area contributed by atoms with E-state index in [2.05, 4.69) is 0 Å². The molecule has 2 heterocycles. The van der Waals surface area contributed by atoms with Crippen molar-refractivity contribution in [3.05, 3.63) is 84.0 Å². The highest BCUT2D eigenvalue weighted by Crippen LogP contribution is 2.22. The van der Waals surface area contributed by atoms with E-state index in [1.165, 1.54) is 17.0 Å². The molecule has 2 aliphatic rings. The first-order valence-corrected chi connectivity index (χ1v) is 10.6. The molecule has 1 unspecified atom stereocenters. The summed E-state index contributed by atoms with van der Waals surface area (Å²) >= 11 is 0. The molecule has 0 aromatic heterocycles. The van der Waals surface area contributed by atoms with E-state index >= 15 is 0 Å². The van der Waals surface area contributed by atoms with Crippen LogP contribution in [-0.4, -0.2) is 41.7 Å². The SMILES string of the molecule is Cl.NN1CCCC(OC(=O)N2C=CC(Oc3ccc(OCc4cccc(F)c4)cc3)=CC2)C1. The van der Waals surface area contributed by atoms with Crippen LogP contribution in [0.3, 0.4) is 0 Å². The summed E-state index contributed by atoms with van der Waals surface area (Å²) in [5.74, 6) is 7.44. The topological polar surface area (TPSA) is 77.3 Å². The molecular formula is C24H27ClFN3O4. The van der Waals surface area contributed by atoms with Gasteiger partial charge in [0.05, 0.1) is 13.1 Å². The summed E-state index contributed by atoms with van der Waals surface area (Å²) in [6, 6.07) is 13.5. The van der Waals surface area contributed by atoms with Crippen LogP contribution in [0.25, 0.3) is 0 Å². The van der Waals surface area contributed by atoms with E-state index in [9.17, 15) is 9.18 Å². The van der Waals surface area contributed by atoms with Gasteiger partial charge in [0.25, 0.3) is 0 Å². The van der Waals surface area contributed by atoms with Gasteiger partial charge < -0.3 is 14.2 Å². The van der Waals surface area contributed by atoms with E-state index in [-0.39, 0.29) is 30.9 Å². The van der Waals surface area contributed by atoms with Crippen molar-refractivity contribution in [2.75, 3.05) is 19.6 Å². The van der Waals surface area contributed by atoms with Crippen molar-refractivity contribution < 1.29 is 23.4 Å². The minimum Gasteiger partial charge on any atom is -0.489 e. The number of nitrogens with zero attached hydrogens (tertiary/aromatic N) is 2. The molecule has 7 nitrogen and oxygen atoms in total. The zero-order valence-electron chi connectivity index (χ0n) is 18.1. The molecule has 1 fully saturated rings. The fourth-order valence-corrected chi connectivity index (χ4v) is 3.50. The Labute approximate surface area is 198 Å². The number of ether oxygens (including phenoxy) is 3. The standard InChI is InChI=1S/C24H26FN3O4.ClH/c25-19-4-1-3-18(15-19)17-30-20-6-8-21(9-7-20)31-22-10-13-27(14-11-22)24(29)32-23-5-2-12-28(26)16-23;/h1,3-4,6-11,13,15,23H,2,5,12,14,16-17,26H2;1H. The second-order valence-electron chi connectivity index (χ2n) is 7.71. The maximum absolute atomic E-state index is 13.2. The largest absolute Gasteiger partial charge is 0.489 e. The predicted molar refractivity (Wildman–Crippen MR) is 124 cm³/mol. The predicted octanol–water partition coefficient (Wildman–Crippen LogP) is 4.39. The summed E-state index contributed by atoms with van der Waals surface area (Å²) < 4.78 is 30.3. The highest BCUT2D eigenvalue weighted by atomic mass is 35.5. The molecule has 2 aromatic rings. The lowest BCUT2D eigenvalue weighted by molar-refractivity contribution is 0.0292. The maximum atomic E-state index is 13.2. The Morgan fingerprint density at radius 2 is 1.94 bits per heavy atom. The molecule has 0 saturated carbocycles. The molecule has 0 aliphatic carbocycles. The molecule has 1 atom stereocenters. The number of amides is 1. The summed E-state index contributed by atoms with van der Waals surface area (Å²) in [5.41, 5.74) is 0.759. The number of hydrogen-bond donors (Lipinski definition) is 1. The molecule has 9 heteroatoms. The van der Waals surface area contributed by atoms with Crippen LogP contribution in [-0.2, 0) is 11.3 Å². The third-order valence-electron chi connectivity index (χ3n) is 5.17. The third kappa shape index (κ3) is 7.21. The van der Waals surface area contributed by atoms with Crippen molar-refractivity contribution in [2.24, 2.45) is 5.84 Å². The van der Waals surface area contributed by atoms with Gasteiger partial charge in [0.1, 0.15) is 35.8 Å². The van der Waals surface area contributed by atoms with Gasteiger partial charge in [-0.15, -0.1) is 12.4 Å². The third-order valence-corrected chi connectivity index (χ3v) is 5.17. The number of piperidine rings is 1. The first-order chi connectivity index (χ1) is 15.5. The lowest BCUT2D eigenvalue weighted by Gasteiger charge is -2.30. The van der Waals surface area contributed by atoms with Gasteiger partial charge in [-0.25, -0.2) is 14.2 Å². The van der Waals surface area contributed by atoms with Crippen molar-refractivity contribution in [1.29, 1.82) is 0 Å². The molecule has 0 radical (unpaired) electrons. The highest BCUT2D eigenvalue weighted by Gasteiger charge is 2.24. The van der Waals surface area contributed by atoms with Crippen LogP contribution in [0.1, 0.15) is 18.4 Å². The van der Waals surface area contributed by atoms with Gasteiger partial charge in [0.2, 0.25) is 0 Å². The van der Waals surface area contributed by atoms with Gasteiger partial charge in [-0.05, 0) is 67.0 Å². The molecule has 0 spiro atoms. The van der Waals surface area contributed by atoms with E-state index < -0.39 is 6.09 Å². The summed E-state index contributed by atoms with van der Waals surface area (Å²) in [6.07, 6.45) is 6.34. The molecule has 2 aliphatic heterocycles. The Kier molecular flexibility index (Phi) is 8.71. The second kappa shape index (κ2) is 11.7. The Morgan fingerprint density at radius 3 is 2.64 bits per heavy atom. The lowest BCUT2D eigenvalue weighted by atomic mass is 10.1. The number of rotatable bonds is 6. The summed E-state index contributed by atoms with van der Waals surface area (Å²) in [4.78, 5) is 13.8. The van der Waals surface area contributed by atoms with Gasteiger partial charge >= 0.3 is 6.09 Å². The zero-order valence-corrected chi connectivity index (χ0v) is 18.9. The first-order valence-electron chi connectivity index (χ1n) is 10.6. The number of carbonyl (C=O) groups excluding carboxylic acids is 1. The number of hydrogen-bond acceptors (Lipinski definition) is 6. The van der Waals surface area contributed by atoms with Gasteiger partial charge in [-0.2, -0.15) is 0 Å². The van der Waals surface area contributed by atoms with Crippen molar-refractivity contribution in [3.63, 3.8) is 0 Å². The average Bonchev–Trinajstić information content (AvgIpc) is 2.79. The fraction of sp³-hybridized carbons (Fsp3) is 0.292. The number of halogens is 2. The number of carbonyl (C=O) groups is 1. The van der Waals surface area contributed by atoms with Crippen LogP contribution in [0.15, 0.2) is 72.6 Å². The fourth-order valence-electron chi connectivity index (χ4n) is 3.50. The second-order valence-corrected chi connectivity index (χ2v) is 7.71. The van der Waals surface area contributed by atoms with Gasteiger partial charge in [-0.3, -0.25) is 10.7 Å². The molecule has 176 valence electrons. The summed E-state index contributed by atoms with van der Waals surface area (Å²) in [7, 11) is 0. The molecule has 0 bridgehead atoms. The molecule has 1 amide bonds. The van der Waals surface area contributed by atoms with Gasteiger partial charge in [-0.1, -0.05) is 12.1 Å². The van der Waals surface area contributed by atoms with Crippen LogP contribution < -0.4 is 15.3 Å². The number of benzene rings is 2. The van der Waals surface area contributed by atoms with E-state index in [0.717, 1.165) is 24.9 Å². The summed E-state index contributed by atoms with van der Waals surface area (Å²) in [6.45, 7) is 2.01. The van der Waals surface area contributed by atoms with E-state index in [0.29, 0.717) is 30.3 Å². The Balaban J connectivity index is 0.00000306. The van der Waals surface area contributed by atoms with Gasteiger partial charge in [0.15, 0.2) is 0 Å². The van der Waals surface area contributed by atoms with E-state index in [1.54, 1.807) is 47.6 Å². The van der Waals surface area contributed by atoms with Crippen LogP contribution >= 0.6 is 12.4 Å². The Morgan fingerprint density at radius 1 is 1.15 bits per heavy atom. The normalized spacial score (nSPS) is 18.2. The van der Waals surface area contributed by atoms with Crippen molar-refractivity contribution in [2.45, 2.75) is 25.6 Å². The van der Waals surface area contributed by atoms with E-state index in [4.69, 9.17) is 20.1 Å². The Bertz CT molecular complexity index is 999. The van der Waals surface area contributed by atoms with Crippen LogP contribution in [0.2, 0.25) is 0 Å². The number of nitrogens with two attached hydrogens (primary N) is 1. The molecule has 2 N–H and O–H groups in total. The average molecular weight is 476 g/mol. The molecule has 2 aromatic carbocycles. The van der Waals surface area contributed by atoms with Crippen LogP contribution in [0.4, 0.5) is 9.18 Å². The lowest BCUT2D eigenvalue weighted by Crippen LogP contribution is -2.45. The molecular weight excluding hydrogens is 449 g/mol. The first kappa shape index (κ1) is 24.6. The minimum absolute atomic E-state index is 0. The van der Waals surface area contributed by atoms with E-state index in [1.807, 2.05) is 12.1 Å². The molecule has 1 saturated heterocycles. The number of hydrazine groups is 1. The maximum Gasteiger partial charge on any atom is 0.414 e. The van der Waals surface area contributed by atoms with Crippen molar-refractivity contribution in [1.82, 2.24) is 9.91 Å². The number of allylic oxidation sites excluding steroid dienone is 1.